The van der Waals surface area contributed by atoms with Gasteiger partial charge in [0.25, 0.3) is 0 Å². The van der Waals surface area contributed by atoms with Crippen molar-refractivity contribution >= 4 is 0 Å². The summed E-state index contributed by atoms with van der Waals surface area (Å²) >= 11 is 0. The minimum Gasteiger partial charge on any atom is -0.387 e. The van der Waals surface area contributed by atoms with Crippen molar-refractivity contribution in [2.24, 2.45) is 5.41 Å². The fourth-order valence-electron chi connectivity index (χ4n) is 3.31. The van der Waals surface area contributed by atoms with E-state index < -0.39 is 11.2 Å². The molecule has 1 aliphatic heterocycles. The second-order valence-electron chi connectivity index (χ2n) is 5.93. The molecule has 1 fully saturated rings. The van der Waals surface area contributed by atoms with Gasteiger partial charge in [-0.1, -0.05) is 26.0 Å². The van der Waals surface area contributed by atoms with Gasteiger partial charge >= 0.3 is 0 Å². The molecule has 0 aromatic rings. The number of hydrogen-bond acceptors (Lipinski definition) is 2. The third-order valence-corrected chi connectivity index (χ3v) is 4.24. The first-order valence-electron chi connectivity index (χ1n) is 5.90. The van der Waals surface area contributed by atoms with Crippen LogP contribution in [0.25, 0.3) is 0 Å². The Bertz CT molecular complexity index is 273. The number of aliphatic hydroxyl groups is 1. The average molecular weight is 210 g/mol. The molecule has 0 amide bonds. The molecule has 2 heteroatoms. The SMILES string of the molecule is CC1C=CC2(O1)C(C)(C)CCCC2(C)O. The van der Waals surface area contributed by atoms with Gasteiger partial charge in [0.2, 0.25) is 0 Å². The van der Waals surface area contributed by atoms with Crippen LogP contribution in [0, 0.1) is 5.41 Å². The van der Waals surface area contributed by atoms with Gasteiger partial charge in [-0.3, -0.25) is 0 Å². The molecule has 1 aliphatic carbocycles. The average Bonchev–Trinajstić information content (AvgIpc) is 2.46. The fraction of sp³-hybridized carbons (Fsp3) is 0.846. The van der Waals surface area contributed by atoms with Crippen LogP contribution in [-0.4, -0.2) is 22.4 Å². The molecule has 1 saturated carbocycles. The highest BCUT2D eigenvalue weighted by molar-refractivity contribution is 5.25. The van der Waals surface area contributed by atoms with E-state index in [4.69, 9.17) is 4.74 Å². The van der Waals surface area contributed by atoms with E-state index in [9.17, 15) is 5.11 Å². The summed E-state index contributed by atoms with van der Waals surface area (Å²) in [5, 5.41) is 10.6. The summed E-state index contributed by atoms with van der Waals surface area (Å²) in [5.41, 5.74) is -1.22. The molecule has 0 saturated heterocycles. The molecule has 0 bridgehead atoms. The normalized spacial score (nSPS) is 48.7. The Balaban J connectivity index is 2.43. The van der Waals surface area contributed by atoms with E-state index in [-0.39, 0.29) is 11.5 Å². The van der Waals surface area contributed by atoms with E-state index in [1.165, 1.54) is 0 Å². The lowest BCUT2D eigenvalue weighted by molar-refractivity contribution is -0.222. The first kappa shape index (κ1) is 11.2. The Morgan fingerprint density at radius 1 is 1.27 bits per heavy atom. The van der Waals surface area contributed by atoms with Crippen LogP contribution in [0.4, 0.5) is 0 Å². The van der Waals surface area contributed by atoms with Crippen LogP contribution in [0.15, 0.2) is 12.2 Å². The standard InChI is InChI=1S/C13H22O2/c1-10-6-9-13(15-10)11(2,3)7-5-8-12(13,4)14/h6,9-10,14H,5,7-8H2,1-4H3. The molecule has 0 aromatic heterocycles. The van der Waals surface area contributed by atoms with Crippen molar-refractivity contribution in [2.45, 2.75) is 64.3 Å². The number of ether oxygens (including phenoxy) is 1. The highest BCUT2D eigenvalue weighted by Gasteiger charge is 2.60. The zero-order valence-corrected chi connectivity index (χ0v) is 10.2. The van der Waals surface area contributed by atoms with E-state index in [2.05, 4.69) is 26.0 Å². The Morgan fingerprint density at radius 3 is 2.40 bits per heavy atom. The topological polar surface area (TPSA) is 29.5 Å². The Kier molecular flexibility index (Phi) is 2.29. The molecule has 3 atom stereocenters. The second kappa shape index (κ2) is 3.08. The van der Waals surface area contributed by atoms with E-state index in [0.29, 0.717) is 0 Å². The molecule has 2 nitrogen and oxygen atoms in total. The van der Waals surface area contributed by atoms with Crippen LogP contribution in [0.2, 0.25) is 0 Å². The molecule has 1 N–H and O–H groups in total. The molecule has 1 heterocycles. The minimum atomic E-state index is -0.740. The fourth-order valence-corrected chi connectivity index (χ4v) is 3.31. The summed E-state index contributed by atoms with van der Waals surface area (Å²) in [4.78, 5) is 0. The van der Waals surface area contributed by atoms with Gasteiger partial charge in [0, 0.05) is 5.41 Å². The van der Waals surface area contributed by atoms with Crippen molar-refractivity contribution in [3.8, 4) is 0 Å². The Morgan fingerprint density at radius 2 is 1.93 bits per heavy atom. The maximum absolute atomic E-state index is 10.6. The van der Waals surface area contributed by atoms with Crippen LogP contribution in [0.1, 0.15) is 47.0 Å². The molecule has 2 aliphatic rings. The van der Waals surface area contributed by atoms with Gasteiger partial charge in [-0.25, -0.2) is 0 Å². The third kappa shape index (κ3) is 1.38. The van der Waals surface area contributed by atoms with Gasteiger partial charge < -0.3 is 9.84 Å². The first-order valence-corrected chi connectivity index (χ1v) is 5.90. The number of rotatable bonds is 0. The van der Waals surface area contributed by atoms with Gasteiger partial charge in [-0.05, 0) is 33.1 Å². The smallest absolute Gasteiger partial charge is 0.120 e. The summed E-state index contributed by atoms with van der Waals surface area (Å²) in [6, 6.07) is 0. The highest BCUT2D eigenvalue weighted by Crippen LogP contribution is 2.54. The van der Waals surface area contributed by atoms with Gasteiger partial charge in [-0.2, -0.15) is 0 Å². The molecule has 0 radical (unpaired) electrons. The predicted molar refractivity (Wildman–Crippen MR) is 60.7 cm³/mol. The van der Waals surface area contributed by atoms with Crippen molar-refractivity contribution < 1.29 is 9.84 Å². The summed E-state index contributed by atoms with van der Waals surface area (Å²) in [5.74, 6) is 0. The predicted octanol–water partition coefficient (Wildman–Crippen LogP) is 2.66. The summed E-state index contributed by atoms with van der Waals surface area (Å²) in [6.45, 7) is 8.34. The molecular formula is C13H22O2. The van der Waals surface area contributed by atoms with Crippen LogP contribution < -0.4 is 0 Å². The lowest BCUT2D eigenvalue weighted by atomic mass is 9.58. The third-order valence-electron chi connectivity index (χ3n) is 4.24. The largest absolute Gasteiger partial charge is 0.387 e. The zero-order chi connectivity index (χ0) is 11.3. The van der Waals surface area contributed by atoms with Crippen LogP contribution >= 0.6 is 0 Å². The second-order valence-corrected chi connectivity index (χ2v) is 5.93. The molecule has 15 heavy (non-hydrogen) atoms. The summed E-state index contributed by atoms with van der Waals surface area (Å²) in [7, 11) is 0. The summed E-state index contributed by atoms with van der Waals surface area (Å²) in [6.07, 6.45) is 7.30. The van der Waals surface area contributed by atoms with Gasteiger partial charge in [0.1, 0.15) is 5.60 Å². The van der Waals surface area contributed by atoms with E-state index in [1.807, 2.05) is 13.8 Å². The first-order chi connectivity index (χ1) is 6.81. The lowest BCUT2D eigenvalue weighted by Gasteiger charge is -2.55. The number of hydrogen-bond donors (Lipinski definition) is 1. The van der Waals surface area contributed by atoms with Crippen molar-refractivity contribution in [2.75, 3.05) is 0 Å². The van der Waals surface area contributed by atoms with E-state index >= 15 is 0 Å². The zero-order valence-electron chi connectivity index (χ0n) is 10.2. The van der Waals surface area contributed by atoms with Gasteiger partial charge in [0.15, 0.2) is 0 Å². The maximum atomic E-state index is 10.6. The van der Waals surface area contributed by atoms with E-state index in [1.54, 1.807) is 0 Å². The molecular weight excluding hydrogens is 188 g/mol. The van der Waals surface area contributed by atoms with Crippen molar-refractivity contribution in [1.29, 1.82) is 0 Å². The maximum Gasteiger partial charge on any atom is 0.120 e. The molecule has 2 rings (SSSR count). The van der Waals surface area contributed by atoms with Crippen molar-refractivity contribution in [3.63, 3.8) is 0 Å². The minimum absolute atomic E-state index is 0.00993. The molecule has 0 aromatic carbocycles. The summed E-state index contributed by atoms with van der Waals surface area (Å²) < 4.78 is 6.06. The Labute approximate surface area is 92.3 Å². The van der Waals surface area contributed by atoms with E-state index in [0.717, 1.165) is 19.3 Å². The van der Waals surface area contributed by atoms with Crippen LogP contribution in [0.5, 0.6) is 0 Å². The van der Waals surface area contributed by atoms with Gasteiger partial charge in [-0.15, -0.1) is 0 Å². The Hall–Kier alpha value is -0.340. The molecule has 1 spiro atoms. The molecule has 3 unspecified atom stereocenters. The highest BCUT2D eigenvalue weighted by atomic mass is 16.5. The monoisotopic (exact) mass is 210 g/mol. The quantitative estimate of drug-likeness (QED) is 0.623. The van der Waals surface area contributed by atoms with Gasteiger partial charge in [0.05, 0.1) is 11.7 Å². The molecule has 86 valence electrons. The van der Waals surface area contributed by atoms with Crippen molar-refractivity contribution in [3.05, 3.63) is 12.2 Å². The van der Waals surface area contributed by atoms with Crippen LogP contribution in [-0.2, 0) is 4.74 Å². The lowest BCUT2D eigenvalue weighted by Crippen LogP contribution is -2.62. The van der Waals surface area contributed by atoms with Crippen molar-refractivity contribution in [1.82, 2.24) is 0 Å². The van der Waals surface area contributed by atoms with Crippen LogP contribution in [0.3, 0.4) is 0 Å².